The average molecular weight is 231 g/mol. The van der Waals surface area contributed by atoms with Crippen LogP contribution in [0.1, 0.15) is 42.7 Å². The van der Waals surface area contributed by atoms with E-state index in [1.807, 2.05) is 12.1 Å². The van der Waals surface area contributed by atoms with Crippen molar-refractivity contribution in [1.29, 1.82) is 0 Å². The van der Waals surface area contributed by atoms with Crippen molar-refractivity contribution in [2.75, 3.05) is 19.6 Å². The van der Waals surface area contributed by atoms with E-state index < -0.39 is 0 Å². The van der Waals surface area contributed by atoms with Crippen molar-refractivity contribution in [2.45, 2.75) is 38.0 Å². The first-order chi connectivity index (χ1) is 8.33. The summed E-state index contributed by atoms with van der Waals surface area (Å²) in [5.74, 6) is 1.07. The van der Waals surface area contributed by atoms with Gasteiger partial charge >= 0.3 is 0 Å². The van der Waals surface area contributed by atoms with E-state index in [1.54, 1.807) is 0 Å². The van der Waals surface area contributed by atoms with Crippen LogP contribution in [0.4, 0.5) is 0 Å². The molecule has 0 aromatic heterocycles. The minimum absolute atomic E-state index is 0.425. The van der Waals surface area contributed by atoms with Crippen molar-refractivity contribution >= 4 is 0 Å². The fourth-order valence-electron chi connectivity index (χ4n) is 3.32. The van der Waals surface area contributed by atoms with Crippen molar-refractivity contribution in [3.63, 3.8) is 0 Å². The zero-order valence-corrected chi connectivity index (χ0v) is 10.4. The van der Waals surface area contributed by atoms with Crippen molar-refractivity contribution < 1.29 is 5.11 Å². The van der Waals surface area contributed by atoms with Gasteiger partial charge in [0.25, 0.3) is 0 Å². The van der Waals surface area contributed by atoms with Crippen LogP contribution in [0.2, 0.25) is 0 Å². The SMILES string of the molecule is Oc1ccc2c(c1)C(CN1CCCCC1)CC2. The summed E-state index contributed by atoms with van der Waals surface area (Å²) in [5.41, 5.74) is 2.85. The molecule has 1 atom stereocenters. The zero-order valence-electron chi connectivity index (χ0n) is 10.4. The maximum Gasteiger partial charge on any atom is 0.115 e. The highest BCUT2D eigenvalue weighted by Crippen LogP contribution is 2.36. The summed E-state index contributed by atoms with van der Waals surface area (Å²) < 4.78 is 0. The van der Waals surface area contributed by atoms with Gasteiger partial charge in [-0.25, -0.2) is 0 Å². The van der Waals surface area contributed by atoms with Gasteiger partial charge in [0.1, 0.15) is 5.75 Å². The van der Waals surface area contributed by atoms with Crippen LogP contribution in [0.5, 0.6) is 5.75 Å². The molecule has 0 radical (unpaired) electrons. The Kier molecular flexibility index (Phi) is 3.06. The van der Waals surface area contributed by atoms with Gasteiger partial charge in [0.2, 0.25) is 0 Å². The highest BCUT2D eigenvalue weighted by atomic mass is 16.3. The van der Waals surface area contributed by atoms with Crippen LogP contribution in [-0.2, 0) is 6.42 Å². The Labute approximate surface area is 103 Å². The van der Waals surface area contributed by atoms with Crippen LogP contribution in [0.15, 0.2) is 18.2 Å². The number of fused-ring (bicyclic) bond motifs is 1. The van der Waals surface area contributed by atoms with E-state index in [0.717, 1.165) is 0 Å². The van der Waals surface area contributed by atoms with Gasteiger partial charge < -0.3 is 10.0 Å². The molecule has 92 valence electrons. The third-order valence-corrected chi connectivity index (χ3v) is 4.26. The Balaban J connectivity index is 1.72. The number of phenols is 1. The maximum absolute atomic E-state index is 9.61. The Morgan fingerprint density at radius 2 is 2.00 bits per heavy atom. The molecule has 0 bridgehead atoms. The molecule has 1 N–H and O–H groups in total. The van der Waals surface area contributed by atoms with Gasteiger partial charge in [-0.2, -0.15) is 0 Å². The minimum Gasteiger partial charge on any atom is -0.508 e. The second kappa shape index (κ2) is 4.69. The monoisotopic (exact) mass is 231 g/mol. The molecular weight excluding hydrogens is 210 g/mol. The molecule has 1 fully saturated rings. The molecule has 0 amide bonds. The van der Waals surface area contributed by atoms with Crippen LogP contribution in [0.25, 0.3) is 0 Å². The highest BCUT2D eigenvalue weighted by Gasteiger charge is 2.25. The fourth-order valence-corrected chi connectivity index (χ4v) is 3.32. The minimum atomic E-state index is 0.425. The second-order valence-electron chi connectivity index (χ2n) is 5.48. The Hall–Kier alpha value is -1.02. The molecule has 0 spiro atoms. The van der Waals surface area contributed by atoms with Gasteiger partial charge in [0.15, 0.2) is 0 Å². The smallest absolute Gasteiger partial charge is 0.115 e. The number of hydrogen-bond donors (Lipinski definition) is 1. The lowest BCUT2D eigenvalue weighted by molar-refractivity contribution is 0.215. The fraction of sp³-hybridized carbons (Fsp3) is 0.600. The predicted molar refractivity (Wildman–Crippen MR) is 69.5 cm³/mol. The number of nitrogens with zero attached hydrogens (tertiary/aromatic N) is 1. The first-order valence-corrected chi connectivity index (χ1v) is 6.87. The standard InChI is InChI=1S/C15H21NO/c17-14-7-6-12-4-5-13(15(12)10-14)11-16-8-2-1-3-9-16/h6-7,10,13,17H,1-5,8-9,11H2. The number of aryl methyl sites for hydroxylation is 1. The Morgan fingerprint density at radius 3 is 2.82 bits per heavy atom. The normalized spacial score (nSPS) is 24.8. The lowest BCUT2D eigenvalue weighted by Gasteiger charge is -2.29. The van der Waals surface area contributed by atoms with Gasteiger partial charge in [-0.3, -0.25) is 0 Å². The number of rotatable bonds is 2. The van der Waals surface area contributed by atoms with E-state index in [-0.39, 0.29) is 0 Å². The van der Waals surface area contributed by atoms with Crippen LogP contribution in [-0.4, -0.2) is 29.6 Å². The van der Waals surface area contributed by atoms with E-state index in [4.69, 9.17) is 0 Å². The Bertz CT molecular complexity index is 396. The maximum atomic E-state index is 9.61. The van der Waals surface area contributed by atoms with Crippen molar-refractivity contribution in [2.24, 2.45) is 0 Å². The summed E-state index contributed by atoms with van der Waals surface area (Å²) in [7, 11) is 0. The van der Waals surface area contributed by atoms with Gasteiger partial charge in [0, 0.05) is 6.54 Å². The number of benzene rings is 1. The van der Waals surface area contributed by atoms with Gasteiger partial charge in [-0.05, 0) is 68.0 Å². The molecule has 1 aliphatic carbocycles. The first-order valence-electron chi connectivity index (χ1n) is 6.87. The molecule has 1 saturated heterocycles. The number of phenolic OH excluding ortho intramolecular Hbond substituents is 1. The van der Waals surface area contributed by atoms with Gasteiger partial charge in [-0.1, -0.05) is 12.5 Å². The summed E-state index contributed by atoms with van der Waals surface area (Å²) in [5, 5.41) is 9.61. The molecule has 2 heteroatoms. The van der Waals surface area contributed by atoms with Crippen LogP contribution < -0.4 is 0 Å². The molecule has 1 aromatic carbocycles. The summed E-state index contributed by atoms with van der Waals surface area (Å²) >= 11 is 0. The molecule has 1 aliphatic heterocycles. The number of piperidine rings is 1. The molecule has 1 aromatic rings. The third-order valence-electron chi connectivity index (χ3n) is 4.26. The number of hydrogen-bond acceptors (Lipinski definition) is 2. The summed E-state index contributed by atoms with van der Waals surface area (Å²) in [4.78, 5) is 2.60. The Morgan fingerprint density at radius 1 is 1.18 bits per heavy atom. The molecule has 2 aliphatic rings. The quantitative estimate of drug-likeness (QED) is 0.846. The average Bonchev–Trinajstić information content (AvgIpc) is 2.73. The lowest BCUT2D eigenvalue weighted by Crippen LogP contribution is -2.33. The third kappa shape index (κ3) is 2.32. The van der Waals surface area contributed by atoms with Crippen LogP contribution in [0.3, 0.4) is 0 Å². The van der Waals surface area contributed by atoms with E-state index in [1.165, 1.54) is 62.9 Å². The molecule has 3 rings (SSSR count). The van der Waals surface area contributed by atoms with E-state index in [0.29, 0.717) is 11.7 Å². The molecule has 0 saturated carbocycles. The lowest BCUT2D eigenvalue weighted by atomic mass is 9.99. The number of likely N-dealkylation sites (tertiary alicyclic amines) is 1. The molecule has 2 nitrogen and oxygen atoms in total. The second-order valence-corrected chi connectivity index (χ2v) is 5.48. The molecular formula is C15H21NO. The molecule has 17 heavy (non-hydrogen) atoms. The van der Waals surface area contributed by atoms with Crippen molar-refractivity contribution in [1.82, 2.24) is 4.90 Å². The summed E-state index contributed by atoms with van der Waals surface area (Å²) in [6.45, 7) is 3.73. The van der Waals surface area contributed by atoms with Crippen molar-refractivity contribution in [3.05, 3.63) is 29.3 Å². The molecule has 1 heterocycles. The summed E-state index contributed by atoms with van der Waals surface area (Å²) in [6.07, 6.45) is 6.57. The first kappa shape index (κ1) is 11.1. The van der Waals surface area contributed by atoms with Crippen molar-refractivity contribution in [3.8, 4) is 5.75 Å². The van der Waals surface area contributed by atoms with E-state index in [9.17, 15) is 5.11 Å². The zero-order chi connectivity index (χ0) is 11.7. The van der Waals surface area contributed by atoms with E-state index >= 15 is 0 Å². The van der Waals surface area contributed by atoms with Crippen LogP contribution >= 0.6 is 0 Å². The van der Waals surface area contributed by atoms with Gasteiger partial charge in [-0.15, -0.1) is 0 Å². The topological polar surface area (TPSA) is 23.5 Å². The largest absolute Gasteiger partial charge is 0.508 e. The van der Waals surface area contributed by atoms with Crippen LogP contribution in [0, 0.1) is 0 Å². The van der Waals surface area contributed by atoms with Gasteiger partial charge in [0.05, 0.1) is 0 Å². The number of aromatic hydroxyl groups is 1. The molecule has 1 unspecified atom stereocenters. The highest BCUT2D eigenvalue weighted by molar-refractivity contribution is 5.40. The summed E-state index contributed by atoms with van der Waals surface area (Å²) in [6, 6.07) is 5.90. The predicted octanol–water partition coefficient (Wildman–Crippen LogP) is 2.91. The van der Waals surface area contributed by atoms with E-state index in [2.05, 4.69) is 11.0 Å².